The summed E-state index contributed by atoms with van der Waals surface area (Å²) < 4.78 is 4.52. The Hall–Kier alpha value is -2.04. The maximum absolute atomic E-state index is 12.2. The Bertz CT molecular complexity index is 502. The Morgan fingerprint density at radius 1 is 1.40 bits per heavy atom. The molecule has 108 valence electrons. The van der Waals surface area contributed by atoms with E-state index >= 15 is 0 Å². The van der Waals surface area contributed by atoms with Crippen LogP contribution in [-0.2, 0) is 9.53 Å². The standard InChI is InChI=1S/C15H20N2O3/c1-11-6-3-4-7-12(11)13-8-5-9-17(13)15(19)16-10-14(18)20-2/h3-4,6-7,13H,5,8-10H2,1-2H3,(H,16,19). The Kier molecular flexibility index (Phi) is 4.61. The van der Waals surface area contributed by atoms with E-state index in [1.54, 1.807) is 4.90 Å². The van der Waals surface area contributed by atoms with Crippen molar-refractivity contribution in [2.24, 2.45) is 0 Å². The van der Waals surface area contributed by atoms with Crippen LogP contribution in [0.1, 0.15) is 30.0 Å². The molecule has 2 rings (SSSR count). The summed E-state index contributed by atoms with van der Waals surface area (Å²) in [5.74, 6) is -0.440. The summed E-state index contributed by atoms with van der Waals surface area (Å²) in [4.78, 5) is 25.0. The summed E-state index contributed by atoms with van der Waals surface area (Å²) in [5.41, 5.74) is 2.36. The molecule has 5 nitrogen and oxygen atoms in total. The molecule has 0 radical (unpaired) electrons. The second-order valence-electron chi connectivity index (χ2n) is 4.94. The van der Waals surface area contributed by atoms with Crippen molar-refractivity contribution in [3.63, 3.8) is 0 Å². The van der Waals surface area contributed by atoms with Crippen LogP contribution in [0.25, 0.3) is 0 Å². The van der Waals surface area contributed by atoms with Crippen molar-refractivity contribution in [2.45, 2.75) is 25.8 Å². The van der Waals surface area contributed by atoms with E-state index in [9.17, 15) is 9.59 Å². The predicted molar refractivity (Wildman–Crippen MR) is 75.3 cm³/mol. The van der Waals surface area contributed by atoms with Crippen molar-refractivity contribution in [2.75, 3.05) is 20.2 Å². The van der Waals surface area contributed by atoms with Gasteiger partial charge in [-0.2, -0.15) is 0 Å². The molecule has 1 aliphatic rings. The van der Waals surface area contributed by atoms with E-state index in [0.29, 0.717) is 6.54 Å². The Morgan fingerprint density at radius 3 is 2.85 bits per heavy atom. The van der Waals surface area contributed by atoms with Gasteiger partial charge in [0.1, 0.15) is 6.54 Å². The minimum atomic E-state index is -0.440. The van der Waals surface area contributed by atoms with Crippen LogP contribution in [0.5, 0.6) is 0 Å². The summed E-state index contributed by atoms with van der Waals surface area (Å²) in [7, 11) is 1.31. The molecule has 0 aliphatic carbocycles. The summed E-state index contributed by atoms with van der Waals surface area (Å²) in [6, 6.07) is 7.99. The highest BCUT2D eigenvalue weighted by Gasteiger charge is 2.30. The third kappa shape index (κ3) is 3.10. The summed E-state index contributed by atoms with van der Waals surface area (Å²) in [6.07, 6.45) is 1.93. The average Bonchev–Trinajstić information content (AvgIpc) is 2.94. The number of nitrogens with zero attached hydrogens (tertiary/aromatic N) is 1. The zero-order chi connectivity index (χ0) is 14.5. The molecular weight excluding hydrogens is 256 g/mol. The van der Waals surface area contributed by atoms with Crippen molar-refractivity contribution in [3.8, 4) is 0 Å². The van der Waals surface area contributed by atoms with Gasteiger partial charge >= 0.3 is 12.0 Å². The third-order valence-electron chi connectivity index (χ3n) is 3.67. The highest BCUT2D eigenvalue weighted by Crippen LogP contribution is 2.33. The van der Waals surface area contributed by atoms with Crippen LogP contribution in [0.2, 0.25) is 0 Å². The molecule has 2 amide bonds. The van der Waals surface area contributed by atoms with Gasteiger partial charge in [0, 0.05) is 6.54 Å². The number of carbonyl (C=O) groups is 2. The maximum atomic E-state index is 12.2. The number of methoxy groups -OCH3 is 1. The first kappa shape index (κ1) is 14.4. The van der Waals surface area contributed by atoms with E-state index in [-0.39, 0.29) is 18.6 Å². The number of likely N-dealkylation sites (tertiary alicyclic amines) is 1. The number of amides is 2. The Balaban J connectivity index is 2.06. The van der Waals surface area contributed by atoms with Gasteiger partial charge in [-0.15, -0.1) is 0 Å². The monoisotopic (exact) mass is 276 g/mol. The van der Waals surface area contributed by atoms with Gasteiger partial charge in [0.25, 0.3) is 0 Å². The number of aryl methyl sites for hydroxylation is 1. The van der Waals surface area contributed by atoms with E-state index in [4.69, 9.17) is 0 Å². The van der Waals surface area contributed by atoms with Crippen LogP contribution >= 0.6 is 0 Å². The number of benzene rings is 1. The molecule has 1 atom stereocenters. The van der Waals surface area contributed by atoms with Crippen molar-refractivity contribution >= 4 is 12.0 Å². The van der Waals surface area contributed by atoms with Crippen LogP contribution in [0.4, 0.5) is 4.79 Å². The largest absolute Gasteiger partial charge is 0.468 e. The molecule has 0 spiro atoms. The fraction of sp³-hybridized carbons (Fsp3) is 0.467. The van der Waals surface area contributed by atoms with Gasteiger partial charge in [-0.25, -0.2) is 4.79 Å². The zero-order valence-electron chi connectivity index (χ0n) is 11.9. The smallest absolute Gasteiger partial charge is 0.325 e. The first-order valence-electron chi connectivity index (χ1n) is 6.80. The number of rotatable bonds is 3. The third-order valence-corrected chi connectivity index (χ3v) is 3.67. The minimum Gasteiger partial charge on any atom is -0.468 e. The van der Waals surface area contributed by atoms with Crippen molar-refractivity contribution in [1.82, 2.24) is 10.2 Å². The SMILES string of the molecule is COC(=O)CNC(=O)N1CCCC1c1ccccc1C. The molecule has 1 aromatic carbocycles. The number of nitrogens with one attached hydrogen (secondary N) is 1. The molecule has 1 heterocycles. The number of urea groups is 1. The van der Waals surface area contributed by atoms with Crippen LogP contribution in [-0.4, -0.2) is 37.1 Å². The normalized spacial score (nSPS) is 17.9. The van der Waals surface area contributed by atoms with E-state index in [1.165, 1.54) is 18.2 Å². The molecule has 5 heteroatoms. The topological polar surface area (TPSA) is 58.6 Å². The Morgan fingerprint density at radius 2 is 2.15 bits per heavy atom. The van der Waals surface area contributed by atoms with E-state index in [2.05, 4.69) is 29.1 Å². The van der Waals surface area contributed by atoms with Gasteiger partial charge in [0.15, 0.2) is 0 Å². The van der Waals surface area contributed by atoms with Gasteiger partial charge < -0.3 is 15.0 Å². The quantitative estimate of drug-likeness (QED) is 0.859. The van der Waals surface area contributed by atoms with Gasteiger partial charge in [0.05, 0.1) is 13.2 Å². The van der Waals surface area contributed by atoms with Gasteiger partial charge in [0.2, 0.25) is 0 Å². The number of esters is 1. The lowest BCUT2D eigenvalue weighted by Gasteiger charge is -2.26. The zero-order valence-corrected chi connectivity index (χ0v) is 11.9. The number of hydrogen-bond donors (Lipinski definition) is 1. The van der Waals surface area contributed by atoms with Crippen molar-refractivity contribution in [1.29, 1.82) is 0 Å². The lowest BCUT2D eigenvalue weighted by atomic mass is 9.99. The molecule has 1 aromatic rings. The van der Waals surface area contributed by atoms with Gasteiger partial charge in [-0.05, 0) is 30.9 Å². The molecule has 0 bridgehead atoms. The van der Waals surface area contributed by atoms with E-state index < -0.39 is 5.97 Å². The lowest BCUT2D eigenvalue weighted by molar-refractivity contribution is -0.139. The minimum absolute atomic E-state index is 0.0909. The number of carbonyl (C=O) groups excluding carboxylic acids is 2. The summed E-state index contributed by atoms with van der Waals surface area (Å²) in [6.45, 7) is 2.68. The molecule has 0 saturated carbocycles. The molecule has 0 aromatic heterocycles. The van der Waals surface area contributed by atoms with Gasteiger partial charge in [-0.1, -0.05) is 24.3 Å². The van der Waals surface area contributed by atoms with Crippen LogP contribution in [0, 0.1) is 6.92 Å². The number of ether oxygens (including phenoxy) is 1. The lowest BCUT2D eigenvalue weighted by Crippen LogP contribution is -2.41. The first-order valence-corrected chi connectivity index (χ1v) is 6.80. The first-order chi connectivity index (χ1) is 9.63. The van der Waals surface area contributed by atoms with Crippen molar-refractivity contribution < 1.29 is 14.3 Å². The second-order valence-corrected chi connectivity index (χ2v) is 4.94. The van der Waals surface area contributed by atoms with E-state index in [0.717, 1.165) is 12.8 Å². The molecule has 1 unspecified atom stereocenters. The predicted octanol–water partition coefficient (Wildman–Crippen LogP) is 2.01. The average molecular weight is 276 g/mol. The van der Waals surface area contributed by atoms with Gasteiger partial charge in [-0.3, -0.25) is 4.79 Å². The van der Waals surface area contributed by atoms with Crippen LogP contribution in [0.15, 0.2) is 24.3 Å². The summed E-state index contributed by atoms with van der Waals surface area (Å²) >= 11 is 0. The highest BCUT2D eigenvalue weighted by molar-refractivity contribution is 5.81. The van der Waals surface area contributed by atoms with Crippen LogP contribution in [0.3, 0.4) is 0 Å². The Labute approximate surface area is 118 Å². The molecule has 1 fully saturated rings. The summed E-state index contributed by atoms with van der Waals surface area (Å²) in [5, 5.41) is 2.61. The highest BCUT2D eigenvalue weighted by atomic mass is 16.5. The van der Waals surface area contributed by atoms with E-state index in [1.807, 2.05) is 12.1 Å². The fourth-order valence-corrected chi connectivity index (χ4v) is 2.62. The molecule has 20 heavy (non-hydrogen) atoms. The molecule has 1 N–H and O–H groups in total. The fourth-order valence-electron chi connectivity index (χ4n) is 2.62. The number of hydrogen-bond acceptors (Lipinski definition) is 3. The molecular formula is C15H20N2O3. The second kappa shape index (κ2) is 6.41. The van der Waals surface area contributed by atoms with Crippen LogP contribution < -0.4 is 5.32 Å². The molecule has 1 aliphatic heterocycles. The molecule has 1 saturated heterocycles. The maximum Gasteiger partial charge on any atom is 0.325 e. The van der Waals surface area contributed by atoms with Crippen molar-refractivity contribution in [3.05, 3.63) is 35.4 Å².